The van der Waals surface area contributed by atoms with E-state index in [1.54, 1.807) is 11.8 Å². The summed E-state index contributed by atoms with van der Waals surface area (Å²) >= 11 is 1.80. The van der Waals surface area contributed by atoms with Gasteiger partial charge < -0.3 is 5.73 Å². The average molecular weight is 171 g/mol. The van der Waals surface area contributed by atoms with Gasteiger partial charge in [0.2, 0.25) is 0 Å². The first-order chi connectivity index (χ1) is 5.33. The summed E-state index contributed by atoms with van der Waals surface area (Å²) in [4.78, 5) is 1.22. The minimum absolute atomic E-state index is 0.771. The summed E-state index contributed by atoms with van der Waals surface area (Å²) in [7, 11) is 1.92. The minimum atomic E-state index is 0.771. The Balaban J connectivity index is 2.27. The maximum Gasteiger partial charge on any atom is 0.0625 e. The van der Waals surface area contributed by atoms with Crippen molar-refractivity contribution in [3.8, 4) is 0 Å². The Labute approximate surface area is 71.0 Å². The van der Waals surface area contributed by atoms with Gasteiger partial charge in [0, 0.05) is 18.1 Å². The van der Waals surface area contributed by atoms with Crippen molar-refractivity contribution in [1.82, 2.24) is 9.78 Å². The van der Waals surface area contributed by atoms with Crippen LogP contribution in [0.1, 0.15) is 6.42 Å². The summed E-state index contributed by atoms with van der Waals surface area (Å²) in [6, 6.07) is 0. The van der Waals surface area contributed by atoms with Gasteiger partial charge >= 0.3 is 0 Å². The molecule has 0 unspecified atom stereocenters. The van der Waals surface area contributed by atoms with Crippen LogP contribution in [-0.2, 0) is 7.05 Å². The summed E-state index contributed by atoms with van der Waals surface area (Å²) in [6.45, 7) is 0.771. The highest BCUT2D eigenvalue weighted by Gasteiger charge is 1.94. The lowest BCUT2D eigenvalue weighted by molar-refractivity contribution is 0.766. The van der Waals surface area contributed by atoms with Crippen LogP contribution in [0, 0.1) is 0 Å². The van der Waals surface area contributed by atoms with Crippen LogP contribution in [0.25, 0.3) is 0 Å². The van der Waals surface area contributed by atoms with Crippen LogP contribution in [0.2, 0.25) is 0 Å². The van der Waals surface area contributed by atoms with Crippen LogP contribution < -0.4 is 5.73 Å². The molecule has 0 aromatic carbocycles. The zero-order chi connectivity index (χ0) is 8.10. The molecule has 1 heterocycles. The van der Waals surface area contributed by atoms with Crippen molar-refractivity contribution in [3.63, 3.8) is 0 Å². The van der Waals surface area contributed by atoms with Gasteiger partial charge in [-0.15, -0.1) is 11.8 Å². The fourth-order valence-electron chi connectivity index (χ4n) is 0.747. The molecule has 62 valence electrons. The first kappa shape index (κ1) is 8.62. The third kappa shape index (κ3) is 2.95. The molecule has 11 heavy (non-hydrogen) atoms. The molecule has 0 bridgehead atoms. The van der Waals surface area contributed by atoms with Crippen LogP contribution in [0.4, 0.5) is 0 Å². The summed E-state index contributed by atoms with van der Waals surface area (Å²) in [5.41, 5.74) is 5.36. The molecule has 1 aromatic rings. The molecule has 4 heteroatoms. The number of rotatable bonds is 4. The summed E-state index contributed by atoms with van der Waals surface area (Å²) < 4.78 is 1.81. The second kappa shape index (κ2) is 4.41. The van der Waals surface area contributed by atoms with Crippen molar-refractivity contribution >= 4 is 11.8 Å². The lowest BCUT2D eigenvalue weighted by Gasteiger charge is -1.93. The number of hydrogen-bond donors (Lipinski definition) is 1. The fourth-order valence-corrected chi connectivity index (χ4v) is 1.64. The smallest absolute Gasteiger partial charge is 0.0625 e. The number of nitrogens with zero attached hydrogens (tertiary/aromatic N) is 2. The quantitative estimate of drug-likeness (QED) is 0.540. The zero-order valence-electron chi connectivity index (χ0n) is 6.66. The van der Waals surface area contributed by atoms with E-state index in [2.05, 4.69) is 5.10 Å². The molecule has 0 amide bonds. The van der Waals surface area contributed by atoms with Gasteiger partial charge in [0.25, 0.3) is 0 Å². The molecule has 0 aliphatic carbocycles. The van der Waals surface area contributed by atoms with Gasteiger partial charge in [-0.1, -0.05) is 0 Å². The Morgan fingerprint density at radius 1 is 1.73 bits per heavy atom. The van der Waals surface area contributed by atoms with E-state index in [0.29, 0.717) is 0 Å². The Morgan fingerprint density at radius 3 is 3.09 bits per heavy atom. The summed E-state index contributed by atoms with van der Waals surface area (Å²) in [5.74, 6) is 1.09. The SMILES string of the molecule is Cn1cc(SCCCN)cn1. The largest absolute Gasteiger partial charge is 0.330 e. The van der Waals surface area contributed by atoms with Crippen molar-refractivity contribution in [2.45, 2.75) is 11.3 Å². The van der Waals surface area contributed by atoms with Crippen molar-refractivity contribution in [2.24, 2.45) is 12.8 Å². The number of nitrogens with two attached hydrogens (primary N) is 1. The maximum atomic E-state index is 5.36. The van der Waals surface area contributed by atoms with Crippen molar-refractivity contribution in [3.05, 3.63) is 12.4 Å². The van der Waals surface area contributed by atoms with Crippen molar-refractivity contribution < 1.29 is 0 Å². The number of hydrogen-bond acceptors (Lipinski definition) is 3. The molecule has 0 radical (unpaired) electrons. The van der Waals surface area contributed by atoms with E-state index in [1.807, 2.05) is 24.1 Å². The van der Waals surface area contributed by atoms with Crippen LogP contribution in [0.15, 0.2) is 17.3 Å². The number of thioether (sulfide) groups is 1. The first-order valence-electron chi connectivity index (χ1n) is 3.64. The topological polar surface area (TPSA) is 43.8 Å². The molecule has 0 atom stereocenters. The van der Waals surface area contributed by atoms with Crippen LogP contribution in [0.5, 0.6) is 0 Å². The molecule has 0 spiro atoms. The van der Waals surface area contributed by atoms with E-state index < -0.39 is 0 Å². The van der Waals surface area contributed by atoms with Gasteiger partial charge in [-0.25, -0.2) is 0 Å². The van der Waals surface area contributed by atoms with E-state index >= 15 is 0 Å². The van der Waals surface area contributed by atoms with Gasteiger partial charge in [0.1, 0.15) is 0 Å². The molecule has 0 aliphatic heterocycles. The zero-order valence-corrected chi connectivity index (χ0v) is 7.47. The molecule has 1 aromatic heterocycles. The molecule has 1 rings (SSSR count). The van der Waals surface area contributed by atoms with Crippen LogP contribution in [0.3, 0.4) is 0 Å². The Bertz CT molecular complexity index is 209. The predicted octanol–water partition coefficient (Wildman–Crippen LogP) is 0.861. The second-order valence-corrected chi connectivity index (χ2v) is 3.51. The standard InChI is InChI=1S/C7H13N3S/c1-10-6-7(5-9-10)11-4-2-3-8/h5-6H,2-4,8H2,1H3. The van der Waals surface area contributed by atoms with E-state index in [9.17, 15) is 0 Å². The molecule has 2 N–H and O–H groups in total. The van der Waals surface area contributed by atoms with Crippen molar-refractivity contribution in [2.75, 3.05) is 12.3 Å². The molecule has 0 saturated carbocycles. The molecule has 3 nitrogen and oxygen atoms in total. The molecule has 0 aliphatic rings. The third-order valence-corrected chi connectivity index (χ3v) is 2.34. The number of aryl methyl sites for hydroxylation is 1. The summed E-state index contributed by atoms with van der Waals surface area (Å²) in [6.07, 6.45) is 4.96. The van der Waals surface area contributed by atoms with Gasteiger partial charge in [-0.3, -0.25) is 4.68 Å². The van der Waals surface area contributed by atoms with Gasteiger partial charge in [-0.05, 0) is 18.7 Å². The van der Waals surface area contributed by atoms with E-state index in [4.69, 9.17) is 5.73 Å². The third-order valence-electron chi connectivity index (χ3n) is 1.30. The molecular weight excluding hydrogens is 158 g/mol. The molecular formula is C7H13N3S. The van der Waals surface area contributed by atoms with Gasteiger partial charge in [-0.2, -0.15) is 5.10 Å². The minimum Gasteiger partial charge on any atom is -0.330 e. The van der Waals surface area contributed by atoms with Crippen molar-refractivity contribution in [1.29, 1.82) is 0 Å². The van der Waals surface area contributed by atoms with Gasteiger partial charge in [0.15, 0.2) is 0 Å². The summed E-state index contributed by atoms with van der Waals surface area (Å²) in [5, 5.41) is 4.06. The Kier molecular flexibility index (Phi) is 3.45. The van der Waals surface area contributed by atoms with Gasteiger partial charge in [0.05, 0.1) is 6.20 Å². The van der Waals surface area contributed by atoms with E-state index in [-0.39, 0.29) is 0 Å². The lowest BCUT2D eigenvalue weighted by atomic mass is 10.5. The monoisotopic (exact) mass is 171 g/mol. The predicted molar refractivity (Wildman–Crippen MR) is 47.6 cm³/mol. The van der Waals surface area contributed by atoms with E-state index in [0.717, 1.165) is 18.7 Å². The van der Waals surface area contributed by atoms with Crippen LogP contribution >= 0.6 is 11.8 Å². The normalized spacial score (nSPS) is 10.4. The average Bonchev–Trinajstić information content (AvgIpc) is 2.37. The highest BCUT2D eigenvalue weighted by Crippen LogP contribution is 2.16. The Morgan fingerprint density at radius 2 is 2.55 bits per heavy atom. The van der Waals surface area contributed by atoms with E-state index in [1.165, 1.54) is 4.90 Å². The highest BCUT2D eigenvalue weighted by molar-refractivity contribution is 7.99. The van der Waals surface area contributed by atoms with Crippen LogP contribution in [-0.4, -0.2) is 22.1 Å². The Hall–Kier alpha value is -0.480. The second-order valence-electron chi connectivity index (χ2n) is 2.34. The molecule has 0 saturated heterocycles. The highest BCUT2D eigenvalue weighted by atomic mass is 32.2. The lowest BCUT2D eigenvalue weighted by Crippen LogP contribution is -1.98. The first-order valence-corrected chi connectivity index (χ1v) is 4.63. The number of aromatic nitrogens is 2. The molecule has 0 fully saturated rings. The fraction of sp³-hybridized carbons (Fsp3) is 0.571. The maximum absolute atomic E-state index is 5.36.